The Morgan fingerprint density at radius 2 is 0.733 bits per heavy atom. The number of hydrogen-bond donors (Lipinski definition) is 1. The van der Waals surface area contributed by atoms with Crippen molar-refractivity contribution >= 4 is 6.09 Å². The molecule has 0 saturated heterocycles. The minimum atomic E-state index is -0.396. The summed E-state index contributed by atoms with van der Waals surface area (Å²) >= 11 is 0. The number of carbonyl (C=O) groups excluding carboxylic acids is 1. The predicted molar refractivity (Wildman–Crippen MR) is 195 cm³/mol. The van der Waals surface area contributed by atoms with E-state index in [0.29, 0.717) is 13.2 Å². The first-order valence-corrected chi connectivity index (χ1v) is 20.0. The van der Waals surface area contributed by atoms with Gasteiger partial charge in [0.05, 0.1) is 13.2 Å². The lowest BCUT2D eigenvalue weighted by Gasteiger charge is -2.23. The van der Waals surface area contributed by atoms with Crippen LogP contribution in [0.3, 0.4) is 0 Å². The lowest BCUT2D eigenvalue weighted by molar-refractivity contribution is -0.0305. The predicted octanol–water partition coefficient (Wildman–Crippen LogP) is 12.9. The number of carbonyl (C=O) groups is 1. The maximum absolute atomic E-state index is 12.4. The van der Waals surface area contributed by atoms with Crippen LogP contribution < -0.4 is 5.32 Å². The molecule has 0 bridgehead atoms. The quantitative estimate of drug-likeness (QED) is 0.0701. The summed E-state index contributed by atoms with van der Waals surface area (Å²) < 4.78 is 17.5. The van der Waals surface area contributed by atoms with E-state index in [1.165, 1.54) is 167 Å². The molecule has 0 aromatic heterocycles. The van der Waals surface area contributed by atoms with Crippen LogP contribution in [0.2, 0.25) is 0 Å². The van der Waals surface area contributed by atoms with Crippen LogP contribution >= 0.6 is 0 Å². The molecule has 0 heterocycles. The molecule has 0 fully saturated rings. The van der Waals surface area contributed by atoms with Crippen LogP contribution in [-0.2, 0) is 14.2 Å². The Kier molecular flexibility index (Phi) is 33.9. The van der Waals surface area contributed by atoms with E-state index in [0.717, 1.165) is 26.1 Å². The van der Waals surface area contributed by atoms with Crippen LogP contribution in [0.1, 0.15) is 214 Å². The first kappa shape index (κ1) is 44.2. The maximum atomic E-state index is 12.4. The van der Waals surface area contributed by atoms with Gasteiger partial charge in [-0.15, -0.1) is 0 Å². The van der Waals surface area contributed by atoms with E-state index in [4.69, 9.17) is 14.2 Å². The Labute approximate surface area is 282 Å². The third kappa shape index (κ3) is 37.5. The largest absolute Gasteiger partial charge is 0.441 e. The van der Waals surface area contributed by atoms with Crippen LogP contribution in [0.5, 0.6) is 0 Å². The van der Waals surface area contributed by atoms with Crippen molar-refractivity contribution in [2.45, 2.75) is 226 Å². The van der Waals surface area contributed by atoms with E-state index in [2.05, 4.69) is 19.2 Å². The van der Waals surface area contributed by atoms with Gasteiger partial charge in [-0.25, -0.2) is 4.79 Å². The second-order valence-corrected chi connectivity index (χ2v) is 14.7. The topological polar surface area (TPSA) is 56.8 Å². The monoisotopic (exact) mass is 640 g/mol. The van der Waals surface area contributed by atoms with Gasteiger partial charge in [-0.05, 0) is 33.6 Å². The van der Waals surface area contributed by atoms with Gasteiger partial charge in [0, 0.05) is 18.8 Å². The molecule has 0 atom stereocenters. The average Bonchev–Trinajstić information content (AvgIpc) is 2.99. The Balaban J connectivity index is 3.82. The Morgan fingerprint density at radius 1 is 0.467 bits per heavy atom. The third-order valence-corrected chi connectivity index (χ3v) is 8.64. The van der Waals surface area contributed by atoms with Crippen LogP contribution in [0.15, 0.2) is 0 Å². The van der Waals surface area contributed by atoms with Crippen molar-refractivity contribution in [1.82, 2.24) is 5.32 Å². The highest BCUT2D eigenvalue weighted by molar-refractivity contribution is 5.68. The van der Waals surface area contributed by atoms with E-state index in [1.54, 1.807) is 0 Å². The fourth-order valence-corrected chi connectivity index (χ4v) is 5.83. The molecule has 0 aromatic rings. The second kappa shape index (κ2) is 34.5. The van der Waals surface area contributed by atoms with Crippen LogP contribution in [-0.4, -0.2) is 44.2 Å². The first-order chi connectivity index (χ1) is 21.9. The summed E-state index contributed by atoms with van der Waals surface area (Å²) in [4.78, 5) is 12.4. The van der Waals surface area contributed by atoms with Gasteiger partial charge in [-0.3, -0.25) is 0 Å². The second-order valence-electron chi connectivity index (χ2n) is 14.7. The van der Waals surface area contributed by atoms with Crippen molar-refractivity contribution in [1.29, 1.82) is 0 Å². The van der Waals surface area contributed by atoms with Crippen LogP contribution in [0.25, 0.3) is 0 Å². The molecular formula is C40H81NO4. The summed E-state index contributed by atoms with van der Waals surface area (Å²) in [6.45, 7) is 12.7. The van der Waals surface area contributed by atoms with Crippen LogP contribution in [0.4, 0.5) is 4.79 Å². The van der Waals surface area contributed by atoms with Crippen molar-refractivity contribution in [3.63, 3.8) is 0 Å². The molecule has 270 valence electrons. The number of hydrogen-bond acceptors (Lipinski definition) is 4. The summed E-state index contributed by atoms with van der Waals surface area (Å²) in [5, 5.41) is 2.89. The van der Waals surface area contributed by atoms with Gasteiger partial charge in [0.2, 0.25) is 0 Å². The molecule has 0 aliphatic rings. The fourth-order valence-electron chi connectivity index (χ4n) is 5.83. The standard InChI is InChI=1S/C40H81NO4/c1-6-8-10-12-14-16-18-20-22-24-26-28-30-32-34-43-36-38(45-39(42)41-40(3,4)5)37-44-35-33-31-29-27-25-23-21-19-17-15-13-11-9-7-2/h38H,6-37H2,1-5H3,(H,41,42). The highest BCUT2D eigenvalue weighted by atomic mass is 16.6. The van der Waals surface area contributed by atoms with Gasteiger partial charge in [-0.2, -0.15) is 0 Å². The Bertz CT molecular complexity index is 555. The Hall–Kier alpha value is -0.810. The molecule has 0 rings (SSSR count). The normalized spacial score (nSPS) is 11.9. The summed E-state index contributed by atoms with van der Waals surface area (Å²) in [6, 6.07) is 0. The van der Waals surface area contributed by atoms with E-state index < -0.39 is 6.09 Å². The zero-order valence-electron chi connectivity index (χ0n) is 31.3. The summed E-state index contributed by atoms with van der Waals surface area (Å²) in [7, 11) is 0. The number of unbranched alkanes of at least 4 members (excludes halogenated alkanes) is 26. The lowest BCUT2D eigenvalue weighted by Crippen LogP contribution is -2.43. The molecule has 0 radical (unpaired) electrons. The summed E-state index contributed by atoms with van der Waals surface area (Å²) in [5.41, 5.74) is -0.328. The molecule has 0 aromatic carbocycles. The highest BCUT2D eigenvalue weighted by Crippen LogP contribution is 2.14. The van der Waals surface area contributed by atoms with Gasteiger partial charge >= 0.3 is 6.09 Å². The molecule has 1 amide bonds. The zero-order chi connectivity index (χ0) is 33.1. The number of nitrogens with one attached hydrogen (secondary N) is 1. The van der Waals surface area contributed by atoms with E-state index in [1.807, 2.05) is 20.8 Å². The van der Waals surface area contributed by atoms with Gasteiger partial charge in [0.15, 0.2) is 6.10 Å². The van der Waals surface area contributed by atoms with Crippen molar-refractivity contribution in [2.24, 2.45) is 0 Å². The van der Waals surface area contributed by atoms with Gasteiger partial charge < -0.3 is 19.5 Å². The molecule has 0 aliphatic carbocycles. The zero-order valence-corrected chi connectivity index (χ0v) is 31.3. The lowest BCUT2D eigenvalue weighted by atomic mass is 10.0. The Morgan fingerprint density at radius 3 is 1.00 bits per heavy atom. The van der Waals surface area contributed by atoms with Gasteiger partial charge in [-0.1, -0.05) is 181 Å². The maximum Gasteiger partial charge on any atom is 0.407 e. The fraction of sp³-hybridized carbons (Fsp3) is 0.975. The van der Waals surface area contributed by atoms with E-state index in [-0.39, 0.29) is 11.6 Å². The number of alkyl carbamates (subject to hydrolysis) is 1. The number of amides is 1. The minimum Gasteiger partial charge on any atom is -0.441 e. The van der Waals surface area contributed by atoms with Crippen molar-refractivity contribution in [2.75, 3.05) is 26.4 Å². The average molecular weight is 640 g/mol. The number of ether oxygens (including phenoxy) is 3. The minimum absolute atomic E-state index is 0.328. The van der Waals surface area contributed by atoms with E-state index >= 15 is 0 Å². The van der Waals surface area contributed by atoms with Gasteiger partial charge in [0.25, 0.3) is 0 Å². The SMILES string of the molecule is CCCCCCCCCCCCCCCCOCC(COCCCCCCCCCCCCCCCC)OC(=O)NC(C)(C)C. The summed E-state index contributed by atoms with van der Waals surface area (Å²) in [6.07, 6.45) is 37.1. The molecule has 0 saturated carbocycles. The molecule has 1 N–H and O–H groups in total. The van der Waals surface area contributed by atoms with Gasteiger partial charge in [0.1, 0.15) is 0 Å². The van der Waals surface area contributed by atoms with Crippen molar-refractivity contribution in [3.8, 4) is 0 Å². The molecule has 0 unspecified atom stereocenters. The molecule has 45 heavy (non-hydrogen) atoms. The van der Waals surface area contributed by atoms with Crippen molar-refractivity contribution in [3.05, 3.63) is 0 Å². The third-order valence-electron chi connectivity index (χ3n) is 8.64. The van der Waals surface area contributed by atoms with E-state index in [9.17, 15) is 4.79 Å². The molecule has 5 nitrogen and oxygen atoms in total. The molecule has 0 aliphatic heterocycles. The summed E-state index contributed by atoms with van der Waals surface area (Å²) in [5.74, 6) is 0. The highest BCUT2D eigenvalue weighted by Gasteiger charge is 2.20. The van der Waals surface area contributed by atoms with Crippen molar-refractivity contribution < 1.29 is 19.0 Å². The first-order valence-electron chi connectivity index (χ1n) is 20.0. The molecule has 0 spiro atoms. The molecule has 5 heteroatoms. The number of rotatable bonds is 35. The van der Waals surface area contributed by atoms with Crippen LogP contribution in [0, 0.1) is 0 Å². The smallest absolute Gasteiger partial charge is 0.407 e. The molecular weight excluding hydrogens is 558 g/mol.